The average Bonchev–Trinajstić information content (AvgIpc) is 2.95. The number of rotatable bonds is 5. The molecule has 4 rings (SSSR count). The number of benzene rings is 1. The summed E-state index contributed by atoms with van der Waals surface area (Å²) in [5.74, 6) is 0.279. The van der Waals surface area contributed by atoms with Crippen LogP contribution in [0.25, 0.3) is 0 Å². The summed E-state index contributed by atoms with van der Waals surface area (Å²) < 4.78 is 31.2. The van der Waals surface area contributed by atoms with Crippen molar-refractivity contribution in [1.29, 1.82) is 0 Å². The van der Waals surface area contributed by atoms with Crippen molar-refractivity contribution < 1.29 is 32.7 Å². The average molecular weight is 607 g/mol. The van der Waals surface area contributed by atoms with Gasteiger partial charge in [0.15, 0.2) is 14.6 Å². The summed E-state index contributed by atoms with van der Waals surface area (Å²) >= 11 is 0. The van der Waals surface area contributed by atoms with Crippen LogP contribution in [0.5, 0.6) is 0 Å². The third kappa shape index (κ3) is 6.69. The van der Waals surface area contributed by atoms with Crippen LogP contribution in [-0.4, -0.2) is 90.9 Å². The summed E-state index contributed by atoms with van der Waals surface area (Å²) in [7, 11) is -4.23. The Morgan fingerprint density at radius 2 is 1.48 bits per heavy atom. The summed E-state index contributed by atoms with van der Waals surface area (Å²) in [4.78, 5) is 44.1. The van der Waals surface area contributed by atoms with Crippen molar-refractivity contribution in [2.24, 2.45) is 17.8 Å². The molecular weight excluding hydrogens is 560 g/mol. The smallest absolute Gasteiger partial charge is 0.410 e. The van der Waals surface area contributed by atoms with E-state index in [9.17, 15) is 28.0 Å². The SMILES string of the molecule is C[C@H]1C[C@H](C)CN(C(=O)C2CCN(c3ccc(S(=O)(=O)C4(C(=O)NO)CCN(C(=O)OC(C)(C)C)CC4)cc3)CC2)C1. The molecule has 2 N–H and O–H groups in total. The maximum atomic E-state index is 13.9. The molecule has 3 amide bonds. The predicted octanol–water partition coefficient (Wildman–Crippen LogP) is 3.46. The van der Waals surface area contributed by atoms with Gasteiger partial charge >= 0.3 is 6.09 Å². The lowest BCUT2D eigenvalue weighted by Gasteiger charge is -2.40. The lowest BCUT2D eigenvalue weighted by Crippen LogP contribution is -2.58. The Labute approximate surface area is 249 Å². The summed E-state index contributed by atoms with van der Waals surface area (Å²) in [6.45, 7) is 12.6. The van der Waals surface area contributed by atoms with Crippen molar-refractivity contribution in [2.45, 2.75) is 82.0 Å². The van der Waals surface area contributed by atoms with Crippen LogP contribution in [0.15, 0.2) is 29.2 Å². The molecular formula is C30H46N4O7S. The molecule has 0 unspecified atom stereocenters. The number of ether oxygens (including phenoxy) is 1. The Balaban J connectivity index is 1.42. The number of anilines is 1. The van der Waals surface area contributed by atoms with Crippen LogP contribution in [0.3, 0.4) is 0 Å². The zero-order valence-corrected chi connectivity index (χ0v) is 26.3. The largest absolute Gasteiger partial charge is 0.444 e. The van der Waals surface area contributed by atoms with Crippen LogP contribution in [0, 0.1) is 17.8 Å². The summed E-state index contributed by atoms with van der Waals surface area (Å²) in [5.41, 5.74) is 1.68. The van der Waals surface area contributed by atoms with E-state index >= 15 is 0 Å². The molecule has 1 aromatic carbocycles. The van der Waals surface area contributed by atoms with Crippen molar-refractivity contribution in [3.05, 3.63) is 24.3 Å². The van der Waals surface area contributed by atoms with E-state index in [-0.39, 0.29) is 42.7 Å². The fraction of sp³-hybridized carbons (Fsp3) is 0.700. The van der Waals surface area contributed by atoms with E-state index in [0.717, 1.165) is 38.0 Å². The van der Waals surface area contributed by atoms with Crippen LogP contribution in [-0.2, 0) is 24.2 Å². The topological polar surface area (TPSA) is 137 Å². The van der Waals surface area contributed by atoms with Gasteiger partial charge < -0.3 is 19.4 Å². The van der Waals surface area contributed by atoms with Crippen molar-refractivity contribution in [2.75, 3.05) is 44.2 Å². The second kappa shape index (κ2) is 12.4. The lowest BCUT2D eigenvalue weighted by molar-refractivity contribution is -0.139. The Morgan fingerprint density at radius 3 is 1.98 bits per heavy atom. The van der Waals surface area contributed by atoms with Gasteiger partial charge in [-0.1, -0.05) is 13.8 Å². The highest BCUT2D eigenvalue weighted by Crippen LogP contribution is 2.37. The second-order valence-electron chi connectivity index (χ2n) is 13.4. The van der Waals surface area contributed by atoms with Crippen LogP contribution < -0.4 is 10.4 Å². The van der Waals surface area contributed by atoms with Crippen molar-refractivity contribution in [3.63, 3.8) is 0 Å². The fourth-order valence-electron chi connectivity index (χ4n) is 6.64. The number of nitrogens with one attached hydrogen (secondary N) is 1. The first-order valence-corrected chi connectivity index (χ1v) is 16.5. The van der Waals surface area contributed by atoms with E-state index in [1.807, 2.05) is 4.90 Å². The number of hydrogen-bond donors (Lipinski definition) is 2. The number of nitrogens with zero attached hydrogens (tertiary/aromatic N) is 3. The molecule has 42 heavy (non-hydrogen) atoms. The highest BCUT2D eigenvalue weighted by atomic mass is 32.2. The minimum Gasteiger partial charge on any atom is -0.444 e. The molecule has 0 saturated carbocycles. The maximum absolute atomic E-state index is 13.9. The first-order chi connectivity index (χ1) is 19.7. The number of carbonyl (C=O) groups excluding carboxylic acids is 3. The molecule has 0 radical (unpaired) electrons. The number of hydroxylamine groups is 1. The molecule has 12 heteroatoms. The molecule has 0 spiro atoms. The van der Waals surface area contributed by atoms with Crippen molar-refractivity contribution >= 4 is 33.4 Å². The molecule has 3 aliphatic heterocycles. The van der Waals surface area contributed by atoms with Gasteiger partial charge in [0.25, 0.3) is 5.91 Å². The van der Waals surface area contributed by atoms with Crippen LogP contribution in [0.1, 0.15) is 66.7 Å². The zero-order valence-electron chi connectivity index (χ0n) is 25.5. The lowest BCUT2D eigenvalue weighted by atomic mass is 9.89. The normalized spacial score (nSPS) is 23.8. The minimum atomic E-state index is -4.23. The first kappa shape index (κ1) is 32.1. The molecule has 3 saturated heterocycles. The number of amides is 3. The molecule has 3 aliphatic rings. The molecule has 0 aliphatic carbocycles. The Morgan fingerprint density at radius 1 is 0.929 bits per heavy atom. The number of sulfone groups is 1. The molecule has 3 heterocycles. The molecule has 0 aromatic heterocycles. The van der Waals surface area contributed by atoms with Crippen molar-refractivity contribution in [1.82, 2.24) is 15.3 Å². The number of carbonyl (C=O) groups is 3. The van der Waals surface area contributed by atoms with E-state index in [1.54, 1.807) is 38.4 Å². The Hall–Kier alpha value is -2.86. The van der Waals surface area contributed by atoms with Gasteiger partial charge in [0, 0.05) is 50.9 Å². The number of piperidine rings is 3. The van der Waals surface area contributed by atoms with E-state index in [4.69, 9.17) is 4.74 Å². The van der Waals surface area contributed by atoms with Gasteiger partial charge in [-0.2, -0.15) is 0 Å². The predicted molar refractivity (Wildman–Crippen MR) is 158 cm³/mol. The van der Waals surface area contributed by atoms with Gasteiger partial charge in [-0.05, 0) is 89.0 Å². The van der Waals surface area contributed by atoms with E-state index in [1.165, 1.54) is 17.0 Å². The standard InChI is InChI=1S/C30H46N4O7S/c1-21-18-22(2)20-34(19-21)26(35)23-10-14-32(15-11-23)24-6-8-25(9-7-24)42(39,40)30(27(36)31-38)12-16-33(17-13-30)28(37)41-29(3,4)5/h6-9,21-23,38H,10-20H2,1-5H3,(H,31,36)/t21-,22-/m0/s1. The van der Waals surface area contributed by atoms with Crippen LogP contribution in [0.4, 0.5) is 10.5 Å². The summed E-state index contributed by atoms with van der Waals surface area (Å²) in [6.07, 6.45) is 1.70. The highest BCUT2D eigenvalue weighted by molar-refractivity contribution is 7.93. The van der Waals surface area contributed by atoms with Gasteiger partial charge in [-0.25, -0.2) is 18.7 Å². The fourth-order valence-corrected chi connectivity index (χ4v) is 8.60. The summed E-state index contributed by atoms with van der Waals surface area (Å²) in [5, 5.41) is 9.47. The maximum Gasteiger partial charge on any atom is 0.410 e. The van der Waals surface area contributed by atoms with E-state index < -0.39 is 32.2 Å². The van der Waals surface area contributed by atoms with E-state index in [2.05, 4.69) is 18.7 Å². The molecule has 234 valence electrons. The Bertz CT molecular complexity index is 1240. The van der Waals surface area contributed by atoms with Crippen LogP contribution in [0.2, 0.25) is 0 Å². The number of likely N-dealkylation sites (tertiary alicyclic amines) is 2. The molecule has 1 aromatic rings. The Kier molecular flexibility index (Phi) is 9.46. The quantitative estimate of drug-likeness (QED) is 0.384. The zero-order chi connectivity index (χ0) is 30.9. The van der Waals surface area contributed by atoms with Crippen LogP contribution >= 0.6 is 0 Å². The highest BCUT2D eigenvalue weighted by Gasteiger charge is 2.53. The molecule has 3 fully saturated rings. The van der Waals surface area contributed by atoms with E-state index in [0.29, 0.717) is 24.9 Å². The molecule has 2 atom stereocenters. The van der Waals surface area contributed by atoms with Gasteiger partial charge in [0.1, 0.15) is 5.60 Å². The van der Waals surface area contributed by atoms with Gasteiger partial charge in [0.05, 0.1) is 4.90 Å². The molecule has 11 nitrogen and oxygen atoms in total. The third-order valence-electron chi connectivity index (χ3n) is 8.79. The number of hydrogen-bond acceptors (Lipinski definition) is 8. The monoisotopic (exact) mass is 606 g/mol. The van der Waals surface area contributed by atoms with Gasteiger partial charge in [-0.15, -0.1) is 0 Å². The third-order valence-corrected chi connectivity index (χ3v) is 11.3. The van der Waals surface area contributed by atoms with Crippen molar-refractivity contribution in [3.8, 4) is 0 Å². The minimum absolute atomic E-state index is 0.00167. The van der Waals surface area contributed by atoms with Gasteiger partial charge in [-0.3, -0.25) is 14.8 Å². The molecule has 0 bridgehead atoms. The van der Waals surface area contributed by atoms with Gasteiger partial charge in [0.2, 0.25) is 5.91 Å². The first-order valence-electron chi connectivity index (χ1n) is 15.0. The second-order valence-corrected chi connectivity index (χ2v) is 15.6. The summed E-state index contributed by atoms with van der Waals surface area (Å²) in [6, 6.07) is 6.43.